The van der Waals surface area contributed by atoms with Crippen LogP contribution in [0.25, 0.3) is 0 Å². The SMILES string of the molecule is N[C@@H](Cc1ccc(O)c([123I])c1)C(=O)O. The number of carbonyl (C=O) groups is 1. The first-order valence-corrected chi connectivity index (χ1v) is 5.04. The third-order valence-electron chi connectivity index (χ3n) is 1.78. The van der Waals surface area contributed by atoms with Crippen LogP contribution in [0.1, 0.15) is 5.56 Å². The normalized spacial score (nSPS) is 12.4. The summed E-state index contributed by atoms with van der Waals surface area (Å²) in [6.07, 6.45) is 0.269. The number of benzene rings is 1. The molecule has 0 spiro atoms. The van der Waals surface area contributed by atoms with Crippen LogP contribution >= 0.6 is 22.6 Å². The van der Waals surface area contributed by atoms with E-state index in [1.807, 2.05) is 22.6 Å². The van der Waals surface area contributed by atoms with Crippen LogP contribution in [-0.4, -0.2) is 22.2 Å². The number of carboxylic acids is 1. The average molecular weight is 303 g/mol. The Morgan fingerprint density at radius 3 is 2.71 bits per heavy atom. The zero-order chi connectivity index (χ0) is 10.7. The molecule has 0 aromatic heterocycles. The van der Waals surface area contributed by atoms with Gasteiger partial charge in [-0.05, 0) is 46.7 Å². The monoisotopic (exact) mass is 303 g/mol. The molecule has 0 aliphatic rings. The van der Waals surface area contributed by atoms with Gasteiger partial charge in [0.2, 0.25) is 0 Å². The number of phenolic OH excluding ortho intramolecular Hbond substituents is 1. The van der Waals surface area contributed by atoms with Gasteiger partial charge in [-0.1, -0.05) is 6.07 Å². The van der Waals surface area contributed by atoms with Crippen LogP contribution in [0.4, 0.5) is 0 Å². The maximum Gasteiger partial charge on any atom is 0.320 e. The van der Waals surface area contributed by atoms with Crippen molar-refractivity contribution in [3.63, 3.8) is 0 Å². The topological polar surface area (TPSA) is 83.5 Å². The lowest BCUT2D eigenvalue weighted by Gasteiger charge is -2.07. The molecule has 0 amide bonds. The molecule has 5 heteroatoms. The minimum Gasteiger partial charge on any atom is -0.507 e. The largest absolute Gasteiger partial charge is 0.507 e. The number of hydrogen-bond acceptors (Lipinski definition) is 3. The van der Waals surface area contributed by atoms with Gasteiger partial charge in [0.15, 0.2) is 0 Å². The fourth-order valence-corrected chi connectivity index (χ4v) is 1.60. The van der Waals surface area contributed by atoms with Crippen LogP contribution in [0, 0.1) is 3.57 Å². The quantitative estimate of drug-likeness (QED) is 0.726. The summed E-state index contributed by atoms with van der Waals surface area (Å²) in [7, 11) is 0. The van der Waals surface area contributed by atoms with Crippen molar-refractivity contribution in [1.29, 1.82) is 0 Å². The van der Waals surface area contributed by atoms with E-state index in [9.17, 15) is 9.90 Å². The molecule has 76 valence electrons. The highest BCUT2D eigenvalue weighted by Gasteiger charge is 2.12. The van der Waals surface area contributed by atoms with Crippen molar-refractivity contribution < 1.29 is 15.0 Å². The molecule has 1 aromatic carbocycles. The van der Waals surface area contributed by atoms with Gasteiger partial charge in [0, 0.05) is 0 Å². The number of hydrogen-bond donors (Lipinski definition) is 3. The van der Waals surface area contributed by atoms with Crippen LogP contribution in [0.15, 0.2) is 18.2 Å². The molecular formula is C9H10INO3. The lowest BCUT2D eigenvalue weighted by molar-refractivity contribution is -0.138. The molecule has 0 aliphatic heterocycles. The number of halogens is 1. The van der Waals surface area contributed by atoms with Crippen molar-refractivity contribution in [3.05, 3.63) is 27.3 Å². The van der Waals surface area contributed by atoms with Gasteiger partial charge < -0.3 is 15.9 Å². The summed E-state index contributed by atoms with van der Waals surface area (Å²) in [5, 5.41) is 17.8. The first kappa shape index (κ1) is 11.3. The first-order chi connectivity index (χ1) is 6.50. The molecule has 4 N–H and O–H groups in total. The number of carboxylic acid groups (broad SMARTS) is 1. The highest BCUT2D eigenvalue weighted by atomic mass is 123. The van der Waals surface area contributed by atoms with E-state index >= 15 is 0 Å². The van der Waals surface area contributed by atoms with E-state index in [0.717, 1.165) is 5.56 Å². The molecule has 0 unspecified atom stereocenters. The molecule has 1 rings (SSSR count). The predicted molar refractivity (Wildman–Crippen MR) is 60.1 cm³/mol. The van der Waals surface area contributed by atoms with Gasteiger partial charge in [-0.2, -0.15) is 0 Å². The van der Waals surface area contributed by atoms with Crippen LogP contribution in [0.5, 0.6) is 5.75 Å². The maximum atomic E-state index is 10.5. The Hall–Kier alpha value is -0.820. The van der Waals surface area contributed by atoms with Crippen LogP contribution in [0.2, 0.25) is 0 Å². The summed E-state index contributed by atoms with van der Waals surface area (Å²) in [6, 6.07) is 4.03. The second kappa shape index (κ2) is 4.61. The second-order valence-electron chi connectivity index (χ2n) is 2.93. The fraction of sp³-hybridized carbons (Fsp3) is 0.222. The molecule has 1 atom stereocenters. The average Bonchev–Trinajstić information content (AvgIpc) is 2.11. The first-order valence-electron chi connectivity index (χ1n) is 3.96. The van der Waals surface area contributed by atoms with Gasteiger partial charge in [-0.15, -0.1) is 0 Å². The maximum absolute atomic E-state index is 10.5. The molecule has 14 heavy (non-hydrogen) atoms. The van der Waals surface area contributed by atoms with E-state index < -0.39 is 12.0 Å². The van der Waals surface area contributed by atoms with Crippen molar-refractivity contribution in [2.75, 3.05) is 0 Å². The molecular weight excluding hydrogens is 293 g/mol. The van der Waals surface area contributed by atoms with E-state index in [0.29, 0.717) is 3.57 Å². The standard InChI is InChI=1S/C9H10INO3/c10-6-3-5(1-2-8(6)12)4-7(11)9(13)14/h1-3,7,12H,4,11H2,(H,13,14)/t7-/m0/s1/i10-4. The number of aliphatic carboxylic acids is 1. The van der Waals surface area contributed by atoms with Crippen LogP contribution in [0.3, 0.4) is 0 Å². The summed E-state index contributed by atoms with van der Waals surface area (Å²) in [4.78, 5) is 10.5. The van der Waals surface area contributed by atoms with Gasteiger partial charge in [-0.25, -0.2) is 0 Å². The van der Waals surface area contributed by atoms with Gasteiger partial charge in [-0.3, -0.25) is 4.79 Å². The number of aromatic hydroxyl groups is 1. The van der Waals surface area contributed by atoms with Crippen molar-refractivity contribution in [3.8, 4) is 5.75 Å². The van der Waals surface area contributed by atoms with Crippen molar-refractivity contribution >= 4 is 28.6 Å². The second-order valence-corrected chi connectivity index (χ2v) is 4.10. The van der Waals surface area contributed by atoms with Crippen LogP contribution in [-0.2, 0) is 11.2 Å². The zero-order valence-corrected chi connectivity index (χ0v) is 9.43. The highest BCUT2D eigenvalue weighted by Crippen LogP contribution is 2.20. The minimum absolute atomic E-state index is 0.193. The lowest BCUT2D eigenvalue weighted by Crippen LogP contribution is -2.32. The third-order valence-corrected chi connectivity index (χ3v) is 2.65. The Morgan fingerprint density at radius 1 is 1.57 bits per heavy atom. The molecule has 0 radical (unpaired) electrons. The molecule has 0 fully saturated rings. The number of phenols is 1. The molecule has 0 bridgehead atoms. The Morgan fingerprint density at radius 2 is 2.21 bits per heavy atom. The minimum atomic E-state index is -1.02. The summed E-state index contributed by atoms with van der Waals surface area (Å²) in [6.45, 7) is 0. The molecule has 0 aliphatic carbocycles. The lowest BCUT2D eigenvalue weighted by atomic mass is 10.1. The molecule has 0 heterocycles. The summed E-state index contributed by atoms with van der Waals surface area (Å²) in [5.41, 5.74) is 6.18. The number of nitrogens with two attached hydrogens (primary N) is 1. The van der Waals surface area contributed by atoms with Crippen molar-refractivity contribution in [2.45, 2.75) is 12.5 Å². The predicted octanol–water partition coefficient (Wildman–Crippen LogP) is 0.951. The van der Waals surface area contributed by atoms with E-state index in [4.69, 9.17) is 10.8 Å². The van der Waals surface area contributed by atoms with E-state index in [2.05, 4.69) is 0 Å². The van der Waals surface area contributed by atoms with Crippen molar-refractivity contribution in [2.24, 2.45) is 5.73 Å². The van der Waals surface area contributed by atoms with Crippen molar-refractivity contribution in [1.82, 2.24) is 0 Å². The molecule has 4 nitrogen and oxygen atoms in total. The summed E-state index contributed by atoms with van der Waals surface area (Å²) in [5.74, 6) is -0.827. The summed E-state index contributed by atoms with van der Waals surface area (Å²) < 4.78 is 0.692. The Bertz CT molecular complexity index is 354. The molecule has 0 saturated carbocycles. The van der Waals surface area contributed by atoms with Crippen LogP contribution < -0.4 is 5.73 Å². The Kier molecular flexibility index (Phi) is 3.70. The smallest absolute Gasteiger partial charge is 0.320 e. The van der Waals surface area contributed by atoms with E-state index in [-0.39, 0.29) is 12.2 Å². The van der Waals surface area contributed by atoms with Gasteiger partial charge >= 0.3 is 5.97 Å². The number of rotatable bonds is 3. The van der Waals surface area contributed by atoms with Gasteiger partial charge in [0.25, 0.3) is 0 Å². The van der Waals surface area contributed by atoms with Gasteiger partial charge in [0.05, 0.1) is 3.57 Å². The fourth-order valence-electron chi connectivity index (χ4n) is 1.02. The molecule has 1 aromatic rings. The highest BCUT2D eigenvalue weighted by molar-refractivity contribution is 14.1. The van der Waals surface area contributed by atoms with E-state index in [1.54, 1.807) is 12.1 Å². The third kappa shape index (κ3) is 2.85. The zero-order valence-electron chi connectivity index (χ0n) is 7.27. The van der Waals surface area contributed by atoms with Gasteiger partial charge in [0.1, 0.15) is 11.8 Å². The Labute approximate surface area is 94.9 Å². The Balaban J connectivity index is 2.78. The van der Waals surface area contributed by atoms with E-state index in [1.165, 1.54) is 6.07 Å². The molecule has 0 saturated heterocycles. The summed E-state index contributed by atoms with van der Waals surface area (Å²) >= 11 is 1.98.